The smallest absolute Gasteiger partial charge is 0.234 e. The molecule has 0 unspecified atom stereocenters. The zero-order valence-corrected chi connectivity index (χ0v) is 18.0. The Labute approximate surface area is 175 Å². The molecule has 2 aromatic rings. The van der Waals surface area contributed by atoms with Crippen LogP contribution in [0.3, 0.4) is 0 Å². The Balaban J connectivity index is 1.51. The summed E-state index contributed by atoms with van der Waals surface area (Å²) in [5.41, 5.74) is 0.562. The van der Waals surface area contributed by atoms with Gasteiger partial charge < -0.3 is 14.6 Å². The van der Waals surface area contributed by atoms with Gasteiger partial charge in [0, 0.05) is 18.5 Å². The SMILES string of the molecule is COc1ccc(Cl)cc1NC(=O)CSc1nnc(CCC2CCCCC2)n1C. The number of benzene rings is 1. The Morgan fingerprint density at radius 2 is 2.11 bits per heavy atom. The number of hydrogen-bond acceptors (Lipinski definition) is 5. The second-order valence-electron chi connectivity index (χ2n) is 7.18. The number of halogens is 1. The van der Waals surface area contributed by atoms with Gasteiger partial charge in [-0.25, -0.2) is 0 Å². The van der Waals surface area contributed by atoms with Crippen molar-refractivity contribution in [3.05, 3.63) is 29.0 Å². The number of nitrogens with one attached hydrogen (secondary N) is 1. The highest BCUT2D eigenvalue weighted by Crippen LogP contribution is 2.29. The molecular formula is C20H27ClN4O2S. The molecule has 1 aliphatic rings. The molecule has 1 saturated carbocycles. The lowest BCUT2D eigenvalue weighted by Gasteiger charge is -2.20. The van der Waals surface area contributed by atoms with Crippen LogP contribution >= 0.6 is 23.4 Å². The molecule has 1 aromatic carbocycles. The lowest BCUT2D eigenvalue weighted by Crippen LogP contribution is -2.15. The van der Waals surface area contributed by atoms with Gasteiger partial charge in [0.1, 0.15) is 11.6 Å². The fraction of sp³-hybridized carbons (Fsp3) is 0.550. The van der Waals surface area contributed by atoms with Crippen LogP contribution in [0, 0.1) is 5.92 Å². The summed E-state index contributed by atoms with van der Waals surface area (Å²) < 4.78 is 7.26. The Hall–Kier alpha value is -1.73. The molecule has 8 heteroatoms. The molecule has 0 aliphatic heterocycles. The largest absolute Gasteiger partial charge is 0.495 e. The van der Waals surface area contributed by atoms with Crippen molar-refractivity contribution in [3.63, 3.8) is 0 Å². The summed E-state index contributed by atoms with van der Waals surface area (Å²) in [5, 5.41) is 12.7. The second-order valence-corrected chi connectivity index (χ2v) is 8.56. The van der Waals surface area contributed by atoms with Crippen LogP contribution in [0.15, 0.2) is 23.4 Å². The lowest BCUT2D eigenvalue weighted by molar-refractivity contribution is -0.113. The number of aryl methyl sites for hydroxylation is 1. The molecule has 1 heterocycles. The number of anilines is 1. The fourth-order valence-electron chi connectivity index (χ4n) is 3.59. The van der Waals surface area contributed by atoms with E-state index in [9.17, 15) is 4.79 Å². The molecular weight excluding hydrogens is 396 g/mol. The summed E-state index contributed by atoms with van der Waals surface area (Å²) in [7, 11) is 3.53. The summed E-state index contributed by atoms with van der Waals surface area (Å²) in [6.45, 7) is 0. The number of nitrogens with zero attached hydrogens (tertiary/aromatic N) is 3. The van der Waals surface area contributed by atoms with Gasteiger partial charge in [-0.1, -0.05) is 55.5 Å². The predicted octanol–water partition coefficient (Wildman–Crippen LogP) is 4.72. The monoisotopic (exact) mass is 422 g/mol. The number of amides is 1. The van der Waals surface area contributed by atoms with E-state index in [1.165, 1.54) is 50.3 Å². The first-order valence-electron chi connectivity index (χ1n) is 9.71. The average Bonchev–Trinajstić information content (AvgIpc) is 3.05. The van der Waals surface area contributed by atoms with Gasteiger partial charge in [0.2, 0.25) is 5.91 Å². The molecule has 0 saturated heterocycles. The number of carbonyl (C=O) groups excluding carboxylic acids is 1. The van der Waals surface area contributed by atoms with Crippen LogP contribution in [0.25, 0.3) is 0 Å². The highest BCUT2D eigenvalue weighted by Gasteiger charge is 2.17. The van der Waals surface area contributed by atoms with E-state index in [-0.39, 0.29) is 11.7 Å². The molecule has 1 aromatic heterocycles. The number of carbonyl (C=O) groups is 1. The lowest BCUT2D eigenvalue weighted by atomic mass is 9.86. The van der Waals surface area contributed by atoms with Crippen molar-refractivity contribution in [1.29, 1.82) is 0 Å². The van der Waals surface area contributed by atoms with Crippen LogP contribution in [-0.4, -0.2) is 33.5 Å². The highest BCUT2D eigenvalue weighted by atomic mass is 35.5. The Morgan fingerprint density at radius 3 is 2.86 bits per heavy atom. The zero-order chi connectivity index (χ0) is 19.9. The maximum atomic E-state index is 12.3. The molecule has 1 fully saturated rings. The number of thioether (sulfide) groups is 1. The first-order valence-corrected chi connectivity index (χ1v) is 11.1. The van der Waals surface area contributed by atoms with Gasteiger partial charge in [-0.3, -0.25) is 4.79 Å². The molecule has 0 radical (unpaired) electrons. The van der Waals surface area contributed by atoms with Crippen molar-refractivity contribution in [2.75, 3.05) is 18.2 Å². The highest BCUT2D eigenvalue weighted by molar-refractivity contribution is 7.99. The number of hydrogen-bond donors (Lipinski definition) is 1. The molecule has 1 N–H and O–H groups in total. The van der Waals surface area contributed by atoms with Crippen molar-refractivity contribution in [2.24, 2.45) is 13.0 Å². The topological polar surface area (TPSA) is 69.0 Å². The molecule has 152 valence electrons. The second kappa shape index (κ2) is 10.2. The molecule has 1 aliphatic carbocycles. The molecule has 28 heavy (non-hydrogen) atoms. The van der Waals surface area contributed by atoms with Crippen LogP contribution < -0.4 is 10.1 Å². The van der Waals surface area contributed by atoms with Crippen LogP contribution in [0.5, 0.6) is 5.75 Å². The van der Waals surface area contributed by atoms with Gasteiger partial charge in [-0.15, -0.1) is 10.2 Å². The van der Waals surface area contributed by atoms with E-state index >= 15 is 0 Å². The minimum Gasteiger partial charge on any atom is -0.495 e. The minimum atomic E-state index is -0.141. The quantitative estimate of drug-likeness (QED) is 0.623. The average molecular weight is 423 g/mol. The number of ether oxygens (including phenoxy) is 1. The van der Waals surface area contributed by atoms with Crippen molar-refractivity contribution in [2.45, 2.75) is 50.1 Å². The van der Waals surface area contributed by atoms with E-state index < -0.39 is 0 Å². The Morgan fingerprint density at radius 1 is 1.32 bits per heavy atom. The van der Waals surface area contributed by atoms with E-state index in [1.807, 2.05) is 11.6 Å². The summed E-state index contributed by atoms with van der Waals surface area (Å²) in [5.74, 6) is 2.48. The third-order valence-corrected chi connectivity index (χ3v) is 6.45. The van der Waals surface area contributed by atoms with Gasteiger partial charge in [-0.2, -0.15) is 0 Å². The van der Waals surface area contributed by atoms with Gasteiger partial charge in [0.25, 0.3) is 0 Å². The first kappa shape index (κ1) is 21.0. The molecule has 1 amide bonds. The number of methoxy groups -OCH3 is 1. The summed E-state index contributed by atoms with van der Waals surface area (Å²) in [6, 6.07) is 5.13. The molecule has 0 atom stereocenters. The third kappa shape index (κ3) is 5.64. The Bertz CT molecular complexity index is 805. The zero-order valence-electron chi connectivity index (χ0n) is 16.4. The number of aromatic nitrogens is 3. The Kier molecular flexibility index (Phi) is 7.62. The van der Waals surface area contributed by atoms with Crippen molar-refractivity contribution in [1.82, 2.24) is 14.8 Å². The van der Waals surface area contributed by atoms with Gasteiger partial charge in [0.15, 0.2) is 5.16 Å². The molecule has 0 bridgehead atoms. The van der Waals surface area contributed by atoms with Crippen LogP contribution in [-0.2, 0) is 18.3 Å². The van der Waals surface area contributed by atoms with Gasteiger partial charge >= 0.3 is 0 Å². The van der Waals surface area contributed by atoms with Gasteiger partial charge in [-0.05, 0) is 30.5 Å². The van der Waals surface area contributed by atoms with E-state index in [2.05, 4.69) is 15.5 Å². The van der Waals surface area contributed by atoms with Crippen LogP contribution in [0.2, 0.25) is 5.02 Å². The predicted molar refractivity (Wildman–Crippen MR) is 113 cm³/mol. The number of rotatable bonds is 8. The van der Waals surface area contributed by atoms with Crippen molar-refractivity contribution < 1.29 is 9.53 Å². The van der Waals surface area contributed by atoms with E-state index in [0.29, 0.717) is 16.5 Å². The maximum Gasteiger partial charge on any atom is 0.234 e. The summed E-state index contributed by atoms with van der Waals surface area (Å²) in [4.78, 5) is 12.3. The summed E-state index contributed by atoms with van der Waals surface area (Å²) >= 11 is 7.38. The van der Waals surface area contributed by atoms with Crippen LogP contribution in [0.1, 0.15) is 44.3 Å². The summed E-state index contributed by atoms with van der Waals surface area (Å²) in [6.07, 6.45) is 8.89. The molecule has 0 spiro atoms. The van der Waals surface area contributed by atoms with Gasteiger partial charge in [0.05, 0.1) is 18.6 Å². The van der Waals surface area contributed by atoms with Crippen molar-refractivity contribution >= 4 is 35.0 Å². The third-order valence-electron chi connectivity index (χ3n) is 5.19. The minimum absolute atomic E-state index is 0.141. The maximum absolute atomic E-state index is 12.3. The molecule has 3 rings (SSSR count). The molecule has 6 nitrogen and oxygen atoms in total. The van der Waals surface area contributed by atoms with E-state index in [0.717, 1.165) is 23.3 Å². The fourth-order valence-corrected chi connectivity index (χ4v) is 4.49. The van der Waals surface area contributed by atoms with E-state index in [1.54, 1.807) is 25.3 Å². The standard InChI is InChI=1S/C20H27ClN4O2S/c1-25-18(11-8-14-6-4-3-5-7-14)23-24-20(25)28-13-19(26)22-16-12-15(21)9-10-17(16)27-2/h9-10,12,14H,3-8,11,13H2,1-2H3,(H,22,26). The van der Waals surface area contributed by atoms with Crippen LogP contribution in [0.4, 0.5) is 5.69 Å². The first-order chi connectivity index (χ1) is 13.6. The van der Waals surface area contributed by atoms with E-state index in [4.69, 9.17) is 16.3 Å². The normalized spacial score (nSPS) is 14.8. The van der Waals surface area contributed by atoms with Crippen molar-refractivity contribution in [3.8, 4) is 5.75 Å².